The Morgan fingerprint density at radius 3 is 2.38 bits per heavy atom. The molecule has 1 aliphatic rings. The normalized spacial score (nSPS) is 13.6. The van der Waals surface area contributed by atoms with Crippen LogP contribution in [0, 0.1) is 26.6 Å². The zero-order valence-corrected chi connectivity index (χ0v) is 17.5. The number of aryl methyl sites for hydroxylation is 4. The van der Waals surface area contributed by atoms with E-state index in [0.717, 1.165) is 30.4 Å². The van der Waals surface area contributed by atoms with Crippen LogP contribution in [0.2, 0.25) is 0 Å². The van der Waals surface area contributed by atoms with Gasteiger partial charge in [0.1, 0.15) is 5.82 Å². The van der Waals surface area contributed by atoms with Crippen molar-refractivity contribution in [2.24, 2.45) is 0 Å². The van der Waals surface area contributed by atoms with Crippen molar-refractivity contribution < 1.29 is 4.39 Å². The van der Waals surface area contributed by atoms with Crippen molar-refractivity contribution in [2.75, 3.05) is 0 Å². The molecule has 0 radical (unpaired) electrons. The molecule has 0 saturated heterocycles. The maximum Gasteiger partial charge on any atom is 0.123 e. The highest BCUT2D eigenvalue weighted by Crippen LogP contribution is 2.42. The summed E-state index contributed by atoms with van der Waals surface area (Å²) in [5, 5.41) is 0. The van der Waals surface area contributed by atoms with Crippen molar-refractivity contribution in [1.29, 1.82) is 0 Å². The maximum absolute atomic E-state index is 13.7. The lowest BCUT2D eigenvalue weighted by Crippen LogP contribution is -2.10. The monoisotopic (exact) mass is 382 g/mol. The number of rotatable bonds is 4. The summed E-state index contributed by atoms with van der Waals surface area (Å²) in [5.41, 5.74) is 12.6. The Morgan fingerprint density at radius 2 is 1.62 bits per heavy atom. The van der Waals surface area contributed by atoms with Gasteiger partial charge in [0, 0.05) is 0 Å². The van der Waals surface area contributed by atoms with Crippen LogP contribution in [0.4, 0.5) is 4.39 Å². The van der Waals surface area contributed by atoms with Crippen LogP contribution in [0.5, 0.6) is 0 Å². The molecule has 0 fully saturated rings. The first kappa shape index (κ1) is 19.4. The first-order chi connectivity index (χ1) is 13.9. The van der Waals surface area contributed by atoms with Crippen LogP contribution in [0.3, 0.4) is 0 Å². The Labute approximate surface area is 173 Å². The molecular weight excluding hydrogens is 355 g/mol. The fraction of sp³-hybridized carbons (Fsp3) is 0.214. The molecule has 0 saturated carbocycles. The van der Waals surface area contributed by atoms with E-state index in [1.807, 2.05) is 6.07 Å². The Morgan fingerprint density at radius 1 is 0.828 bits per heavy atom. The van der Waals surface area contributed by atoms with Gasteiger partial charge in [0.25, 0.3) is 0 Å². The number of halogens is 1. The SMILES string of the molecule is C=C1C(CCc2cccc(F)c2)=C(c2ccc(C)c(C)c2)Cc2cccc(C)c21. The minimum Gasteiger partial charge on any atom is -0.207 e. The van der Waals surface area contributed by atoms with Crippen molar-refractivity contribution in [1.82, 2.24) is 0 Å². The zero-order chi connectivity index (χ0) is 20.5. The van der Waals surface area contributed by atoms with E-state index in [1.165, 1.54) is 50.6 Å². The van der Waals surface area contributed by atoms with Gasteiger partial charge >= 0.3 is 0 Å². The van der Waals surface area contributed by atoms with Gasteiger partial charge in [0.2, 0.25) is 0 Å². The molecule has 3 aromatic carbocycles. The summed E-state index contributed by atoms with van der Waals surface area (Å²) < 4.78 is 13.7. The van der Waals surface area contributed by atoms with E-state index in [2.05, 4.69) is 63.7 Å². The molecule has 0 bridgehead atoms. The van der Waals surface area contributed by atoms with Crippen molar-refractivity contribution in [3.8, 4) is 0 Å². The van der Waals surface area contributed by atoms with Gasteiger partial charge in [-0.3, -0.25) is 0 Å². The molecule has 3 aromatic rings. The van der Waals surface area contributed by atoms with Gasteiger partial charge < -0.3 is 0 Å². The molecule has 0 atom stereocenters. The van der Waals surface area contributed by atoms with Gasteiger partial charge in [-0.05, 0) is 108 Å². The molecule has 0 aromatic heterocycles. The summed E-state index contributed by atoms with van der Waals surface area (Å²) in [5.74, 6) is -0.172. The van der Waals surface area contributed by atoms with Crippen molar-refractivity contribution in [2.45, 2.75) is 40.0 Å². The third-order valence-corrected chi connectivity index (χ3v) is 6.16. The quantitative estimate of drug-likeness (QED) is 0.441. The topological polar surface area (TPSA) is 0 Å². The van der Waals surface area contributed by atoms with E-state index in [1.54, 1.807) is 12.1 Å². The standard InChI is InChI=1S/C28H27F/c1-18-11-13-23(15-20(18)3)27-17-24-9-5-7-19(2)28(24)21(4)26(27)14-12-22-8-6-10-25(29)16-22/h5-11,13,15-16H,4,12,14,17H2,1-3H3. The molecule has 29 heavy (non-hydrogen) atoms. The van der Waals surface area contributed by atoms with Gasteiger partial charge in [-0.25, -0.2) is 4.39 Å². The average molecular weight is 383 g/mol. The molecule has 4 rings (SSSR count). The van der Waals surface area contributed by atoms with Crippen molar-refractivity contribution in [3.63, 3.8) is 0 Å². The highest BCUT2D eigenvalue weighted by atomic mass is 19.1. The molecular formula is C28H27F. The minimum absolute atomic E-state index is 0.172. The largest absolute Gasteiger partial charge is 0.207 e. The molecule has 0 nitrogen and oxygen atoms in total. The van der Waals surface area contributed by atoms with Crippen LogP contribution in [-0.4, -0.2) is 0 Å². The Bertz CT molecular complexity index is 1130. The summed E-state index contributed by atoms with van der Waals surface area (Å²) in [7, 11) is 0. The van der Waals surface area contributed by atoms with Gasteiger partial charge in [-0.15, -0.1) is 0 Å². The second-order valence-corrected chi connectivity index (χ2v) is 8.15. The summed E-state index contributed by atoms with van der Waals surface area (Å²) in [6.07, 6.45) is 2.58. The lowest BCUT2D eigenvalue weighted by Gasteiger charge is -2.28. The van der Waals surface area contributed by atoms with Crippen LogP contribution < -0.4 is 0 Å². The molecule has 0 aliphatic heterocycles. The van der Waals surface area contributed by atoms with Gasteiger partial charge in [-0.1, -0.05) is 55.1 Å². The van der Waals surface area contributed by atoms with Crippen LogP contribution in [0.1, 0.15) is 45.4 Å². The Kier molecular flexibility index (Phi) is 5.24. The molecule has 146 valence electrons. The van der Waals surface area contributed by atoms with Gasteiger partial charge in [-0.2, -0.15) is 0 Å². The van der Waals surface area contributed by atoms with E-state index in [4.69, 9.17) is 0 Å². The van der Waals surface area contributed by atoms with Gasteiger partial charge in [0.15, 0.2) is 0 Å². The number of allylic oxidation sites excluding steroid dienone is 3. The summed E-state index contributed by atoms with van der Waals surface area (Å²) in [4.78, 5) is 0. The number of fused-ring (bicyclic) bond motifs is 1. The third-order valence-electron chi connectivity index (χ3n) is 6.16. The van der Waals surface area contributed by atoms with Crippen LogP contribution in [0.15, 0.2) is 72.8 Å². The Balaban J connectivity index is 1.79. The summed E-state index contributed by atoms with van der Waals surface area (Å²) >= 11 is 0. The predicted octanol–water partition coefficient (Wildman–Crippen LogP) is 7.41. The van der Waals surface area contributed by atoms with E-state index in [0.29, 0.717) is 0 Å². The number of hydrogen-bond donors (Lipinski definition) is 0. The lowest BCUT2D eigenvalue weighted by atomic mass is 9.76. The van der Waals surface area contributed by atoms with Crippen LogP contribution in [-0.2, 0) is 12.8 Å². The maximum atomic E-state index is 13.7. The average Bonchev–Trinajstić information content (AvgIpc) is 2.69. The van der Waals surface area contributed by atoms with Crippen molar-refractivity contribution >= 4 is 11.1 Å². The van der Waals surface area contributed by atoms with E-state index in [9.17, 15) is 4.39 Å². The second kappa shape index (κ2) is 7.83. The minimum atomic E-state index is -0.172. The van der Waals surface area contributed by atoms with Crippen LogP contribution >= 0.6 is 0 Å². The summed E-state index contributed by atoms with van der Waals surface area (Å²) in [6.45, 7) is 11.0. The Hall–Kier alpha value is -2.93. The first-order valence-corrected chi connectivity index (χ1v) is 10.3. The van der Waals surface area contributed by atoms with E-state index < -0.39 is 0 Å². The third kappa shape index (κ3) is 3.82. The zero-order valence-electron chi connectivity index (χ0n) is 17.5. The highest BCUT2D eigenvalue weighted by Gasteiger charge is 2.23. The smallest absolute Gasteiger partial charge is 0.123 e. The molecule has 0 amide bonds. The molecule has 0 unspecified atom stereocenters. The second-order valence-electron chi connectivity index (χ2n) is 8.15. The molecule has 0 spiro atoms. The molecule has 0 N–H and O–H groups in total. The fourth-order valence-electron chi connectivity index (χ4n) is 4.41. The van der Waals surface area contributed by atoms with E-state index in [-0.39, 0.29) is 5.82 Å². The fourth-order valence-corrected chi connectivity index (χ4v) is 4.41. The van der Waals surface area contributed by atoms with Gasteiger partial charge in [0.05, 0.1) is 0 Å². The van der Waals surface area contributed by atoms with Crippen molar-refractivity contribution in [3.05, 3.63) is 118 Å². The summed E-state index contributed by atoms with van der Waals surface area (Å²) in [6, 6.07) is 20.2. The highest BCUT2D eigenvalue weighted by molar-refractivity contribution is 5.94. The van der Waals surface area contributed by atoms with E-state index >= 15 is 0 Å². The first-order valence-electron chi connectivity index (χ1n) is 10.3. The molecule has 1 aliphatic carbocycles. The predicted molar refractivity (Wildman–Crippen MR) is 121 cm³/mol. The molecule has 1 heteroatoms. The number of hydrogen-bond acceptors (Lipinski definition) is 0. The van der Waals surface area contributed by atoms with Crippen LogP contribution in [0.25, 0.3) is 11.1 Å². The number of benzene rings is 3. The molecule has 0 heterocycles. The lowest BCUT2D eigenvalue weighted by molar-refractivity contribution is 0.625.